The van der Waals surface area contributed by atoms with Gasteiger partial charge in [0.1, 0.15) is 17.9 Å². The number of nitro benzene ring substituents is 1. The SMILES string of the molecule is CC(=O)N[C@H]1[C@H](Oc2ccc([N+](=O)[O-])cc2)O[C@H](COCc2ccccc2)C(O)(O)[C@@H]1OC(=O)c1ccccc1. The number of nitrogens with zero attached hydrogens (tertiary/aromatic N) is 1. The number of ether oxygens (including phenoxy) is 4. The topological polar surface area (TPSA) is 167 Å². The highest BCUT2D eigenvalue weighted by Crippen LogP contribution is 2.33. The fraction of sp³-hybridized carbons (Fsp3) is 0.286. The zero-order chi connectivity index (χ0) is 28.7. The van der Waals surface area contributed by atoms with Crippen molar-refractivity contribution < 1.29 is 43.7 Å². The maximum Gasteiger partial charge on any atom is 0.338 e. The molecule has 3 aromatic carbocycles. The molecule has 0 aromatic heterocycles. The summed E-state index contributed by atoms with van der Waals surface area (Å²) in [4.78, 5) is 35.5. The van der Waals surface area contributed by atoms with Gasteiger partial charge in [-0.25, -0.2) is 4.79 Å². The third-order valence-corrected chi connectivity index (χ3v) is 6.10. The number of esters is 1. The van der Waals surface area contributed by atoms with Crippen LogP contribution >= 0.6 is 0 Å². The molecule has 1 saturated heterocycles. The molecule has 12 heteroatoms. The molecule has 12 nitrogen and oxygen atoms in total. The van der Waals surface area contributed by atoms with Crippen LogP contribution in [0.3, 0.4) is 0 Å². The Labute approximate surface area is 229 Å². The van der Waals surface area contributed by atoms with E-state index in [0.29, 0.717) is 0 Å². The highest BCUT2D eigenvalue weighted by Gasteiger charge is 2.58. The van der Waals surface area contributed by atoms with Crippen LogP contribution in [0, 0.1) is 10.1 Å². The number of rotatable bonds is 10. The van der Waals surface area contributed by atoms with E-state index in [1.54, 1.807) is 18.2 Å². The van der Waals surface area contributed by atoms with Gasteiger partial charge in [-0.05, 0) is 29.8 Å². The molecule has 0 spiro atoms. The molecule has 1 fully saturated rings. The third-order valence-electron chi connectivity index (χ3n) is 6.10. The zero-order valence-corrected chi connectivity index (χ0v) is 21.4. The van der Waals surface area contributed by atoms with Crippen LogP contribution in [-0.2, 0) is 25.6 Å². The molecule has 4 atom stereocenters. The number of aliphatic hydroxyl groups is 2. The molecule has 1 amide bonds. The van der Waals surface area contributed by atoms with Gasteiger partial charge in [-0.2, -0.15) is 0 Å². The van der Waals surface area contributed by atoms with Gasteiger partial charge < -0.3 is 34.5 Å². The first-order valence-corrected chi connectivity index (χ1v) is 12.3. The fourth-order valence-electron chi connectivity index (χ4n) is 4.13. The van der Waals surface area contributed by atoms with Crippen molar-refractivity contribution >= 4 is 17.6 Å². The quantitative estimate of drug-likeness (QED) is 0.147. The van der Waals surface area contributed by atoms with E-state index in [2.05, 4.69) is 5.32 Å². The molecular formula is C28H28N2O10. The monoisotopic (exact) mass is 552 g/mol. The van der Waals surface area contributed by atoms with Crippen molar-refractivity contribution in [3.8, 4) is 5.75 Å². The first kappa shape index (κ1) is 28.6. The standard InChI is InChI=1S/C28H28N2O10/c1-18(31)29-24-25(40-26(32)20-10-6-3-7-11-20)28(33,34)23(17-37-16-19-8-4-2-5-9-19)39-27(24)38-22-14-12-21(13-15-22)30(35)36/h2-15,23-25,27,33-34H,16-17H2,1H3,(H,29,31)/t23-,24-,25-,27-/m1/s1. The first-order valence-electron chi connectivity index (χ1n) is 12.3. The summed E-state index contributed by atoms with van der Waals surface area (Å²) in [5, 5.41) is 36.0. The summed E-state index contributed by atoms with van der Waals surface area (Å²) >= 11 is 0. The summed E-state index contributed by atoms with van der Waals surface area (Å²) in [6.45, 7) is 0.951. The largest absolute Gasteiger partial charge is 0.463 e. The van der Waals surface area contributed by atoms with Gasteiger partial charge in [-0.1, -0.05) is 48.5 Å². The van der Waals surface area contributed by atoms with Crippen molar-refractivity contribution in [1.82, 2.24) is 5.32 Å². The van der Waals surface area contributed by atoms with Crippen LogP contribution in [0.2, 0.25) is 0 Å². The molecule has 0 bridgehead atoms. The molecule has 3 N–H and O–H groups in total. The Kier molecular flexibility index (Phi) is 9.07. The lowest BCUT2D eigenvalue weighted by atomic mass is 9.92. The number of nitro groups is 1. The first-order chi connectivity index (χ1) is 19.1. The van der Waals surface area contributed by atoms with Crippen LogP contribution < -0.4 is 10.1 Å². The van der Waals surface area contributed by atoms with Gasteiger partial charge in [0.05, 0.1) is 23.7 Å². The van der Waals surface area contributed by atoms with E-state index >= 15 is 0 Å². The summed E-state index contributed by atoms with van der Waals surface area (Å²) < 4.78 is 23.0. The maximum atomic E-state index is 13.0. The van der Waals surface area contributed by atoms with Crippen LogP contribution in [0.1, 0.15) is 22.8 Å². The summed E-state index contributed by atoms with van der Waals surface area (Å²) in [6, 6.07) is 20.7. The smallest absolute Gasteiger partial charge is 0.338 e. The lowest BCUT2D eigenvalue weighted by Crippen LogP contribution is -2.72. The van der Waals surface area contributed by atoms with Crippen LogP contribution in [0.5, 0.6) is 5.75 Å². The normalized spacial score (nSPS) is 21.7. The van der Waals surface area contributed by atoms with Crippen molar-refractivity contribution in [2.45, 2.75) is 43.9 Å². The van der Waals surface area contributed by atoms with Crippen LogP contribution in [0.15, 0.2) is 84.9 Å². The van der Waals surface area contributed by atoms with Gasteiger partial charge in [0.2, 0.25) is 18.0 Å². The highest BCUT2D eigenvalue weighted by molar-refractivity contribution is 5.89. The zero-order valence-electron chi connectivity index (χ0n) is 21.4. The Morgan fingerprint density at radius 3 is 2.23 bits per heavy atom. The third kappa shape index (κ3) is 6.98. The van der Waals surface area contributed by atoms with Gasteiger partial charge >= 0.3 is 5.97 Å². The second-order valence-corrected chi connectivity index (χ2v) is 9.06. The second-order valence-electron chi connectivity index (χ2n) is 9.06. The summed E-state index contributed by atoms with van der Waals surface area (Å²) in [5.74, 6) is -4.19. The van der Waals surface area contributed by atoms with Crippen LogP contribution in [-0.4, -0.2) is 63.9 Å². The van der Waals surface area contributed by atoms with Gasteiger partial charge in [-0.15, -0.1) is 0 Å². The van der Waals surface area contributed by atoms with E-state index in [9.17, 15) is 29.9 Å². The van der Waals surface area contributed by atoms with E-state index < -0.39 is 47.1 Å². The Bertz CT molecular complexity index is 1300. The lowest BCUT2D eigenvalue weighted by molar-refractivity contribution is -0.384. The number of nitrogens with one attached hydrogen (secondary N) is 1. The number of carbonyl (C=O) groups excluding carboxylic acids is 2. The average Bonchev–Trinajstić information content (AvgIpc) is 2.94. The minimum absolute atomic E-state index is 0.117. The maximum absolute atomic E-state index is 13.0. The molecule has 4 rings (SSSR count). The van der Waals surface area contributed by atoms with Crippen molar-refractivity contribution in [3.05, 3.63) is 106 Å². The minimum Gasteiger partial charge on any atom is -0.463 e. The van der Waals surface area contributed by atoms with E-state index in [-0.39, 0.29) is 30.2 Å². The number of carbonyl (C=O) groups is 2. The van der Waals surface area contributed by atoms with Gasteiger partial charge in [-0.3, -0.25) is 14.9 Å². The molecule has 40 heavy (non-hydrogen) atoms. The number of non-ortho nitro benzene ring substituents is 1. The van der Waals surface area contributed by atoms with Crippen molar-refractivity contribution in [2.24, 2.45) is 0 Å². The molecular weight excluding hydrogens is 524 g/mol. The van der Waals surface area contributed by atoms with Crippen LogP contribution in [0.4, 0.5) is 5.69 Å². The summed E-state index contributed by atoms with van der Waals surface area (Å²) in [7, 11) is 0. The Balaban J connectivity index is 1.63. The molecule has 3 aromatic rings. The molecule has 1 aliphatic heterocycles. The Morgan fingerprint density at radius 2 is 1.62 bits per heavy atom. The van der Waals surface area contributed by atoms with E-state index in [1.807, 2.05) is 30.3 Å². The number of benzene rings is 3. The van der Waals surface area contributed by atoms with Crippen molar-refractivity contribution in [3.63, 3.8) is 0 Å². The molecule has 210 valence electrons. The fourth-order valence-corrected chi connectivity index (χ4v) is 4.13. The molecule has 0 saturated carbocycles. The van der Waals surface area contributed by atoms with Crippen LogP contribution in [0.25, 0.3) is 0 Å². The highest BCUT2D eigenvalue weighted by atomic mass is 16.7. The number of amides is 1. The lowest BCUT2D eigenvalue weighted by Gasteiger charge is -2.47. The van der Waals surface area contributed by atoms with Crippen molar-refractivity contribution in [1.29, 1.82) is 0 Å². The molecule has 1 heterocycles. The van der Waals surface area contributed by atoms with Gasteiger partial charge in [0.15, 0.2) is 6.10 Å². The van der Waals surface area contributed by atoms with E-state index in [0.717, 1.165) is 5.56 Å². The second kappa shape index (κ2) is 12.7. The summed E-state index contributed by atoms with van der Waals surface area (Å²) in [5.41, 5.74) is 0.777. The number of hydrogen-bond acceptors (Lipinski definition) is 10. The average molecular weight is 553 g/mol. The minimum atomic E-state index is -2.83. The Morgan fingerprint density at radius 1 is 1.00 bits per heavy atom. The molecule has 0 radical (unpaired) electrons. The number of hydrogen-bond donors (Lipinski definition) is 3. The molecule has 0 unspecified atom stereocenters. The predicted octanol–water partition coefficient (Wildman–Crippen LogP) is 2.33. The molecule has 0 aliphatic carbocycles. The summed E-state index contributed by atoms with van der Waals surface area (Å²) in [6.07, 6.45) is -4.69. The van der Waals surface area contributed by atoms with Gasteiger partial charge in [0.25, 0.3) is 5.69 Å². The molecule has 1 aliphatic rings. The van der Waals surface area contributed by atoms with E-state index in [4.69, 9.17) is 18.9 Å². The Hall–Kier alpha value is -4.36. The van der Waals surface area contributed by atoms with Gasteiger partial charge in [0, 0.05) is 19.1 Å². The van der Waals surface area contributed by atoms with Crippen molar-refractivity contribution in [2.75, 3.05) is 6.61 Å². The predicted molar refractivity (Wildman–Crippen MR) is 139 cm³/mol. The van der Waals surface area contributed by atoms with E-state index in [1.165, 1.54) is 43.3 Å².